The van der Waals surface area contributed by atoms with Crippen molar-refractivity contribution in [3.8, 4) is 0 Å². The zero-order valence-electron chi connectivity index (χ0n) is 13.3. The molecule has 106 valence electrons. The van der Waals surface area contributed by atoms with Crippen LogP contribution in [0.2, 0.25) is 0 Å². The SMILES string of the molecule is CC(C)=O.CCCCCC.CCN(CC)CC. The largest absolute Gasteiger partial charge is 0.304 e. The fraction of sp³-hybridized carbons (Fsp3) is 0.933. The molecule has 0 fully saturated rings. The number of hydrogen-bond donors (Lipinski definition) is 0. The molecule has 0 aliphatic heterocycles. The van der Waals surface area contributed by atoms with Gasteiger partial charge < -0.3 is 9.69 Å². The van der Waals surface area contributed by atoms with Gasteiger partial charge in [-0.05, 0) is 33.5 Å². The average Bonchev–Trinajstić information content (AvgIpc) is 2.29. The van der Waals surface area contributed by atoms with Crippen LogP contribution in [0.3, 0.4) is 0 Å². The molecule has 0 heterocycles. The standard InChI is InChI=1S/C6H15N.C6H14.C3H6O/c1-4-7(5-2)6-3;1-3-5-6-4-2;1-3(2)4/h4-6H2,1-3H3;3-6H2,1-2H3;1-2H3. The summed E-state index contributed by atoms with van der Waals surface area (Å²) in [5, 5.41) is 0. The Bertz CT molecular complexity index is 117. The van der Waals surface area contributed by atoms with Gasteiger partial charge in [0.15, 0.2) is 0 Å². The van der Waals surface area contributed by atoms with Gasteiger partial charge in [0.05, 0.1) is 0 Å². The lowest BCUT2D eigenvalue weighted by Crippen LogP contribution is -2.21. The van der Waals surface area contributed by atoms with Crippen molar-refractivity contribution in [3.63, 3.8) is 0 Å². The summed E-state index contributed by atoms with van der Waals surface area (Å²) >= 11 is 0. The van der Waals surface area contributed by atoms with E-state index >= 15 is 0 Å². The normalized spacial score (nSPS) is 8.94. The van der Waals surface area contributed by atoms with Gasteiger partial charge in [-0.3, -0.25) is 0 Å². The number of nitrogens with zero attached hydrogens (tertiary/aromatic N) is 1. The third-order valence-electron chi connectivity index (χ3n) is 2.30. The Kier molecular flexibility index (Phi) is 27.0. The van der Waals surface area contributed by atoms with E-state index in [4.69, 9.17) is 0 Å². The minimum absolute atomic E-state index is 0.167. The highest BCUT2D eigenvalue weighted by Crippen LogP contribution is 1.95. The van der Waals surface area contributed by atoms with E-state index < -0.39 is 0 Å². The van der Waals surface area contributed by atoms with Gasteiger partial charge in [0.1, 0.15) is 5.78 Å². The van der Waals surface area contributed by atoms with Gasteiger partial charge >= 0.3 is 0 Å². The van der Waals surface area contributed by atoms with Crippen LogP contribution >= 0.6 is 0 Å². The highest BCUT2D eigenvalue weighted by Gasteiger charge is 1.89. The van der Waals surface area contributed by atoms with Gasteiger partial charge in [-0.15, -0.1) is 0 Å². The van der Waals surface area contributed by atoms with Crippen LogP contribution in [0.1, 0.15) is 74.1 Å². The van der Waals surface area contributed by atoms with Crippen LogP contribution in [0.5, 0.6) is 0 Å². The van der Waals surface area contributed by atoms with Crippen molar-refractivity contribution in [1.29, 1.82) is 0 Å². The summed E-state index contributed by atoms with van der Waals surface area (Å²) < 4.78 is 0. The van der Waals surface area contributed by atoms with Crippen molar-refractivity contribution in [2.45, 2.75) is 74.1 Å². The molecule has 0 saturated carbocycles. The van der Waals surface area contributed by atoms with E-state index in [1.807, 2.05) is 0 Å². The first-order valence-corrected chi connectivity index (χ1v) is 7.19. The molecular weight excluding hydrogens is 210 g/mol. The minimum atomic E-state index is 0.167. The summed E-state index contributed by atoms with van der Waals surface area (Å²) in [4.78, 5) is 11.8. The molecule has 0 aromatic carbocycles. The fourth-order valence-electron chi connectivity index (χ4n) is 1.17. The predicted molar refractivity (Wildman–Crippen MR) is 79.6 cm³/mol. The first kappa shape index (κ1) is 21.9. The number of carbonyl (C=O) groups excluding carboxylic acids is 1. The third-order valence-corrected chi connectivity index (χ3v) is 2.30. The summed E-state index contributed by atoms with van der Waals surface area (Å²) in [5.41, 5.74) is 0. The van der Waals surface area contributed by atoms with E-state index in [1.54, 1.807) is 0 Å². The summed E-state index contributed by atoms with van der Waals surface area (Å²) in [6.07, 6.45) is 5.54. The molecule has 0 spiro atoms. The minimum Gasteiger partial charge on any atom is -0.304 e. The number of carbonyl (C=O) groups is 1. The Labute approximate surface area is 110 Å². The molecule has 0 N–H and O–H groups in total. The molecule has 0 saturated heterocycles. The van der Waals surface area contributed by atoms with Crippen LogP contribution in [-0.2, 0) is 4.79 Å². The zero-order chi connectivity index (χ0) is 14.1. The Morgan fingerprint density at radius 1 is 0.765 bits per heavy atom. The second-order valence-electron chi connectivity index (χ2n) is 4.23. The lowest BCUT2D eigenvalue weighted by Gasteiger charge is -2.13. The number of unbranched alkanes of at least 4 members (excludes halogenated alkanes) is 3. The molecule has 0 radical (unpaired) electrons. The van der Waals surface area contributed by atoms with Crippen LogP contribution in [0.25, 0.3) is 0 Å². The molecule has 2 heteroatoms. The van der Waals surface area contributed by atoms with E-state index in [-0.39, 0.29) is 5.78 Å². The summed E-state index contributed by atoms with van der Waals surface area (Å²) in [6.45, 7) is 17.6. The molecule has 0 rings (SSSR count). The molecule has 2 nitrogen and oxygen atoms in total. The number of Topliss-reactive ketones (excluding diaryl/α,β-unsaturated/α-hetero) is 1. The molecule has 0 unspecified atom stereocenters. The van der Waals surface area contributed by atoms with Crippen molar-refractivity contribution in [1.82, 2.24) is 4.90 Å². The van der Waals surface area contributed by atoms with Gasteiger partial charge in [0, 0.05) is 0 Å². The summed E-state index contributed by atoms with van der Waals surface area (Å²) in [6, 6.07) is 0. The predicted octanol–water partition coefficient (Wildman–Crippen LogP) is 4.53. The molecule has 0 amide bonds. The molecule has 0 atom stereocenters. The Hall–Kier alpha value is -0.370. The van der Waals surface area contributed by atoms with E-state index in [0.29, 0.717) is 0 Å². The lowest BCUT2D eigenvalue weighted by molar-refractivity contribution is -0.114. The first-order chi connectivity index (χ1) is 7.99. The van der Waals surface area contributed by atoms with Crippen LogP contribution in [-0.4, -0.2) is 30.3 Å². The molecule has 0 aliphatic carbocycles. The molecule has 0 aromatic rings. The smallest absolute Gasteiger partial charge is 0.126 e. The quantitative estimate of drug-likeness (QED) is 0.641. The second-order valence-corrected chi connectivity index (χ2v) is 4.23. The Morgan fingerprint density at radius 3 is 1.06 bits per heavy atom. The van der Waals surface area contributed by atoms with Crippen molar-refractivity contribution >= 4 is 5.78 Å². The number of hydrogen-bond acceptors (Lipinski definition) is 2. The average molecular weight is 245 g/mol. The highest BCUT2D eigenvalue weighted by molar-refractivity contribution is 5.72. The topological polar surface area (TPSA) is 20.3 Å². The lowest BCUT2D eigenvalue weighted by atomic mass is 10.2. The van der Waals surface area contributed by atoms with Gasteiger partial charge in [0.25, 0.3) is 0 Å². The van der Waals surface area contributed by atoms with Gasteiger partial charge in [0.2, 0.25) is 0 Å². The van der Waals surface area contributed by atoms with Gasteiger partial charge in [-0.1, -0.05) is 60.3 Å². The monoisotopic (exact) mass is 245 g/mol. The van der Waals surface area contributed by atoms with Crippen molar-refractivity contribution < 1.29 is 4.79 Å². The van der Waals surface area contributed by atoms with E-state index in [9.17, 15) is 4.79 Å². The van der Waals surface area contributed by atoms with Crippen molar-refractivity contribution in [2.75, 3.05) is 19.6 Å². The molecule has 0 aliphatic rings. The van der Waals surface area contributed by atoms with Crippen LogP contribution in [0.15, 0.2) is 0 Å². The zero-order valence-corrected chi connectivity index (χ0v) is 13.3. The van der Waals surface area contributed by atoms with Crippen LogP contribution in [0.4, 0.5) is 0 Å². The molecule has 17 heavy (non-hydrogen) atoms. The molecule has 0 bridgehead atoms. The summed E-state index contributed by atoms with van der Waals surface area (Å²) in [7, 11) is 0. The van der Waals surface area contributed by atoms with Crippen molar-refractivity contribution in [3.05, 3.63) is 0 Å². The van der Waals surface area contributed by atoms with E-state index in [0.717, 1.165) is 0 Å². The maximum Gasteiger partial charge on any atom is 0.126 e. The second kappa shape index (κ2) is 21.0. The molecular formula is C15H35NO. The van der Waals surface area contributed by atoms with Crippen molar-refractivity contribution in [2.24, 2.45) is 0 Å². The van der Waals surface area contributed by atoms with E-state index in [2.05, 4.69) is 39.5 Å². The maximum atomic E-state index is 9.44. The van der Waals surface area contributed by atoms with Gasteiger partial charge in [-0.25, -0.2) is 0 Å². The fourth-order valence-corrected chi connectivity index (χ4v) is 1.17. The van der Waals surface area contributed by atoms with Gasteiger partial charge in [-0.2, -0.15) is 0 Å². The highest BCUT2D eigenvalue weighted by atomic mass is 16.1. The Balaban J connectivity index is -0.000000180. The molecule has 0 aromatic heterocycles. The van der Waals surface area contributed by atoms with Crippen LogP contribution in [0, 0.1) is 0 Å². The van der Waals surface area contributed by atoms with Crippen LogP contribution < -0.4 is 0 Å². The summed E-state index contributed by atoms with van der Waals surface area (Å²) in [5.74, 6) is 0.167. The number of ketones is 1. The third kappa shape index (κ3) is 39.0. The first-order valence-electron chi connectivity index (χ1n) is 7.19. The van der Waals surface area contributed by atoms with E-state index in [1.165, 1.54) is 59.2 Å². The number of rotatable bonds is 6. The Morgan fingerprint density at radius 2 is 1.00 bits per heavy atom. The maximum absolute atomic E-state index is 9.44.